The molecule has 0 aliphatic heterocycles. The summed E-state index contributed by atoms with van der Waals surface area (Å²) in [6.07, 6.45) is 0. The van der Waals surface area contributed by atoms with Gasteiger partial charge in [0.25, 0.3) is 0 Å². The number of nitrogens with two attached hydrogens (primary N) is 1. The molecule has 0 bridgehead atoms. The molecule has 0 amide bonds. The van der Waals surface area contributed by atoms with Gasteiger partial charge in [-0.05, 0) is 52.3 Å². The van der Waals surface area contributed by atoms with Crippen molar-refractivity contribution in [2.45, 2.75) is 40.2 Å². The highest BCUT2D eigenvalue weighted by molar-refractivity contribution is 5.64. The maximum Gasteiger partial charge on any atom is 0.148 e. The number of benzene rings is 1. The Morgan fingerprint density at radius 1 is 1.00 bits per heavy atom. The topological polar surface area (TPSA) is 51.8 Å². The summed E-state index contributed by atoms with van der Waals surface area (Å²) >= 11 is 0. The summed E-state index contributed by atoms with van der Waals surface area (Å²) in [5, 5.41) is 0. The van der Waals surface area contributed by atoms with Gasteiger partial charge >= 0.3 is 0 Å². The molecule has 19 heavy (non-hydrogen) atoms. The van der Waals surface area contributed by atoms with Gasteiger partial charge in [-0.15, -0.1) is 0 Å². The van der Waals surface area contributed by atoms with Crippen LogP contribution in [0.5, 0.6) is 0 Å². The maximum absolute atomic E-state index is 6.12. The molecule has 0 atom stereocenters. The van der Waals surface area contributed by atoms with Crippen LogP contribution in [0.4, 0.5) is 0 Å². The van der Waals surface area contributed by atoms with Crippen LogP contribution in [-0.2, 0) is 5.54 Å². The van der Waals surface area contributed by atoms with Crippen molar-refractivity contribution >= 4 is 0 Å². The second-order valence-corrected chi connectivity index (χ2v) is 5.76. The molecule has 2 rings (SSSR count). The largest absolute Gasteiger partial charge is 0.319 e. The van der Waals surface area contributed by atoms with E-state index in [2.05, 4.69) is 42.0 Å². The molecule has 0 saturated carbocycles. The molecule has 1 aromatic carbocycles. The van der Waals surface area contributed by atoms with Crippen molar-refractivity contribution in [1.82, 2.24) is 9.97 Å². The normalized spacial score (nSPS) is 11.7. The fraction of sp³-hybridized carbons (Fsp3) is 0.375. The fourth-order valence-corrected chi connectivity index (χ4v) is 2.01. The Morgan fingerprint density at radius 3 is 2.32 bits per heavy atom. The van der Waals surface area contributed by atoms with Gasteiger partial charge in [0.2, 0.25) is 0 Å². The van der Waals surface area contributed by atoms with E-state index in [0.29, 0.717) is 5.82 Å². The Kier molecular flexibility index (Phi) is 3.42. The van der Waals surface area contributed by atoms with E-state index < -0.39 is 5.54 Å². The lowest BCUT2D eigenvalue weighted by atomic mass is 10.0. The molecule has 2 aromatic rings. The van der Waals surface area contributed by atoms with E-state index in [4.69, 9.17) is 5.73 Å². The third-order valence-electron chi connectivity index (χ3n) is 3.10. The van der Waals surface area contributed by atoms with E-state index in [-0.39, 0.29) is 0 Å². The Labute approximate surface area is 114 Å². The highest BCUT2D eigenvalue weighted by atomic mass is 15.0. The summed E-state index contributed by atoms with van der Waals surface area (Å²) in [6, 6.07) is 8.40. The van der Waals surface area contributed by atoms with Crippen molar-refractivity contribution in [3.63, 3.8) is 0 Å². The molecular weight excluding hydrogens is 234 g/mol. The summed E-state index contributed by atoms with van der Waals surface area (Å²) in [7, 11) is 0. The molecule has 0 aliphatic rings. The van der Waals surface area contributed by atoms with Crippen molar-refractivity contribution < 1.29 is 0 Å². The predicted molar refractivity (Wildman–Crippen MR) is 78.9 cm³/mol. The maximum atomic E-state index is 6.12. The van der Waals surface area contributed by atoms with Crippen molar-refractivity contribution in [3.05, 3.63) is 46.9 Å². The zero-order valence-corrected chi connectivity index (χ0v) is 12.3. The molecule has 0 radical (unpaired) electrons. The van der Waals surface area contributed by atoms with Gasteiger partial charge < -0.3 is 5.73 Å². The number of rotatable bonds is 2. The van der Waals surface area contributed by atoms with E-state index in [0.717, 1.165) is 17.0 Å². The van der Waals surface area contributed by atoms with Crippen LogP contribution in [-0.4, -0.2) is 9.97 Å². The number of hydrogen-bond donors (Lipinski definition) is 1. The average Bonchev–Trinajstić information content (AvgIpc) is 2.30. The second kappa shape index (κ2) is 4.74. The van der Waals surface area contributed by atoms with Crippen molar-refractivity contribution in [3.8, 4) is 11.3 Å². The van der Waals surface area contributed by atoms with Gasteiger partial charge in [-0.25, -0.2) is 9.97 Å². The van der Waals surface area contributed by atoms with Crippen LogP contribution in [0.1, 0.15) is 36.5 Å². The number of aromatic nitrogens is 2. The van der Waals surface area contributed by atoms with Crippen molar-refractivity contribution in [2.75, 3.05) is 0 Å². The van der Waals surface area contributed by atoms with E-state index >= 15 is 0 Å². The molecule has 1 heterocycles. The third kappa shape index (κ3) is 2.99. The number of nitrogens with zero attached hydrogens (tertiary/aromatic N) is 2. The van der Waals surface area contributed by atoms with E-state index in [1.165, 1.54) is 11.1 Å². The zero-order chi connectivity index (χ0) is 14.2. The Balaban J connectivity index is 2.63. The Hall–Kier alpha value is -1.74. The first-order valence-electron chi connectivity index (χ1n) is 6.50. The van der Waals surface area contributed by atoms with Crippen LogP contribution in [0.2, 0.25) is 0 Å². The highest BCUT2D eigenvalue weighted by Crippen LogP contribution is 2.25. The zero-order valence-electron chi connectivity index (χ0n) is 12.3. The molecule has 3 heteroatoms. The monoisotopic (exact) mass is 255 g/mol. The van der Waals surface area contributed by atoms with Crippen LogP contribution in [0.25, 0.3) is 11.3 Å². The summed E-state index contributed by atoms with van der Waals surface area (Å²) in [6.45, 7) is 10.0. The first-order chi connectivity index (χ1) is 8.77. The summed E-state index contributed by atoms with van der Waals surface area (Å²) < 4.78 is 0. The fourth-order valence-electron chi connectivity index (χ4n) is 2.01. The third-order valence-corrected chi connectivity index (χ3v) is 3.10. The van der Waals surface area contributed by atoms with Gasteiger partial charge in [0.1, 0.15) is 5.82 Å². The minimum atomic E-state index is -0.529. The summed E-state index contributed by atoms with van der Waals surface area (Å²) in [4.78, 5) is 9.09. The van der Waals surface area contributed by atoms with E-state index in [9.17, 15) is 0 Å². The number of hydrogen-bond acceptors (Lipinski definition) is 3. The molecular formula is C16H21N3. The van der Waals surface area contributed by atoms with Gasteiger partial charge in [0, 0.05) is 11.3 Å². The summed E-state index contributed by atoms with van der Waals surface area (Å²) in [5.74, 6) is 0.684. The second-order valence-electron chi connectivity index (χ2n) is 5.76. The summed E-state index contributed by atoms with van der Waals surface area (Å²) in [5.41, 5.74) is 11.1. The van der Waals surface area contributed by atoms with Gasteiger partial charge in [0.15, 0.2) is 0 Å². The van der Waals surface area contributed by atoms with Crippen molar-refractivity contribution in [2.24, 2.45) is 5.73 Å². The van der Waals surface area contributed by atoms with Crippen LogP contribution in [0, 0.1) is 20.8 Å². The standard InChI is InChI=1S/C16H21N3/c1-10-6-7-11(2)13(8-10)14-9-12(3)18-15(19-14)16(4,5)17/h6-9H,17H2,1-5H3. The Morgan fingerprint density at radius 2 is 1.68 bits per heavy atom. The van der Waals surface area contributed by atoms with Gasteiger partial charge in [0.05, 0.1) is 11.2 Å². The average molecular weight is 255 g/mol. The lowest BCUT2D eigenvalue weighted by Crippen LogP contribution is -2.31. The first kappa shape index (κ1) is 13.7. The minimum absolute atomic E-state index is 0.529. The molecule has 100 valence electrons. The van der Waals surface area contributed by atoms with Gasteiger partial charge in [-0.3, -0.25) is 0 Å². The van der Waals surface area contributed by atoms with Gasteiger partial charge in [-0.1, -0.05) is 17.7 Å². The van der Waals surface area contributed by atoms with Crippen LogP contribution in [0.15, 0.2) is 24.3 Å². The molecule has 2 N–H and O–H groups in total. The molecule has 3 nitrogen and oxygen atoms in total. The quantitative estimate of drug-likeness (QED) is 0.896. The molecule has 1 aromatic heterocycles. The SMILES string of the molecule is Cc1ccc(C)c(-c2cc(C)nc(C(C)(C)N)n2)c1. The molecule has 0 spiro atoms. The Bertz CT molecular complexity index is 610. The molecule has 0 unspecified atom stereocenters. The van der Waals surface area contributed by atoms with Crippen LogP contribution < -0.4 is 5.73 Å². The van der Waals surface area contributed by atoms with E-state index in [1.807, 2.05) is 26.8 Å². The minimum Gasteiger partial charge on any atom is -0.319 e. The van der Waals surface area contributed by atoms with Crippen molar-refractivity contribution in [1.29, 1.82) is 0 Å². The van der Waals surface area contributed by atoms with Crippen LogP contribution >= 0.6 is 0 Å². The number of aryl methyl sites for hydroxylation is 3. The lowest BCUT2D eigenvalue weighted by molar-refractivity contribution is 0.512. The first-order valence-corrected chi connectivity index (χ1v) is 6.50. The predicted octanol–water partition coefficient (Wildman–Crippen LogP) is 3.26. The molecule has 0 saturated heterocycles. The lowest BCUT2D eigenvalue weighted by Gasteiger charge is -2.18. The van der Waals surface area contributed by atoms with Crippen LogP contribution in [0.3, 0.4) is 0 Å². The van der Waals surface area contributed by atoms with E-state index in [1.54, 1.807) is 0 Å². The highest BCUT2D eigenvalue weighted by Gasteiger charge is 2.19. The smallest absolute Gasteiger partial charge is 0.148 e. The van der Waals surface area contributed by atoms with Gasteiger partial charge in [-0.2, -0.15) is 0 Å². The molecule has 0 fully saturated rings. The molecule has 0 aliphatic carbocycles.